The molecule has 0 aromatic carbocycles. The van der Waals surface area contributed by atoms with Crippen LogP contribution in [0.4, 0.5) is 0 Å². The van der Waals surface area contributed by atoms with E-state index in [-0.39, 0.29) is 184 Å². The van der Waals surface area contributed by atoms with Gasteiger partial charge in [0.2, 0.25) is 23.6 Å². The summed E-state index contributed by atoms with van der Waals surface area (Å²) in [6.45, 7) is 6.11. The number of aldehydes is 1. The van der Waals surface area contributed by atoms with E-state index in [0.717, 1.165) is 69.5 Å². The molecular weight excluding hydrogens is 1190 g/mol. The van der Waals surface area contributed by atoms with Crippen molar-refractivity contribution in [2.45, 2.75) is 180 Å². The van der Waals surface area contributed by atoms with E-state index in [0.29, 0.717) is 56.7 Å². The Bertz CT molecular complexity index is 1860. The number of carboxylic acid groups (broad SMARTS) is 3. The van der Waals surface area contributed by atoms with E-state index in [1.54, 1.807) is 6.92 Å². The number of aliphatic hydroxyl groups excluding tert-OH is 1. The molecule has 1 fully saturated rings. The molecule has 0 aliphatic heterocycles. The van der Waals surface area contributed by atoms with E-state index in [1.807, 2.05) is 0 Å². The number of thioether (sulfide) groups is 1. The topological polar surface area (TPSA) is 380 Å². The SMILES string of the molecule is C[C@H](N)C=O.[CH2-][C@@H](CSCC(=O)NCCNC(=O)COCCOCCCC(=O)COCCOCCNC(=O)CC[C@H](NC(=O)C1CCC(CCC(=O)CCCCCCCCCCCCCCC(=O)O)CC1)C(=O)O)C(=O)C[C@@H](CO)C(=O)O.[Y]. The van der Waals surface area contributed by atoms with Crippen LogP contribution >= 0.6 is 11.8 Å². The third-order valence-electron chi connectivity index (χ3n) is 13.5. The first-order valence-electron chi connectivity index (χ1n) is 29.7. The maximum absolute atomic E-state index is 13.0. The molecule has 24 nitrogen and oxygen atoms in total. The van der Waals surface area contributed by atoms with Gasteiger partial charge in [-0.1, -0.05) is 64.2 Å². The van der Waals surface area contributed by atoms with Crippen molar-refractivity contribution in [3.05, 3.63) is 6.92 Å². The Balaban J connectivity index is 0. The van der Waals surface area contributed by atoms with Crippen molar-refractivity contribution in [1.82, 2.24) is 21.3 Å². The number of nitrogens with two attached hydrogens (primary N) is 1. The number of carboxylic acids is 3. The minimum Gasteiger partial charge on any atom is -0.481 e. The average molecular weight is 1290 g/mol. The monoisotopic (exact) mass is 1290 g/mol. The summed E-state index contributed by atoms with van der Waals surface area (Å²) in [5.41, 5.74) is 4.92. The van der Waals surface area contributed by atoms with Crippen LogP contribution in [-0.4, -0.2) is 188 Å². The molecule has 84 heavy (non-hydrogen) atoms. The Morgan fingerprint density at radius 2 is 1.12 bits per heavy atom. The van der Waals surface area contributed by atoms with Crippen LogP contribution in [0.25, 0.3) is 0 Å². The molecule has 0 unspecified atom stereocenters. The van der Waals surface area contributed by atoms with Crippen molar-refractivity contribution in [2.75, 3.05) is 90.6 Å². The van der Waals surface area contributed by atoms with Crippen molar-refractivity contribution in [3.63, 3.8) is 0 Å². The summed E-state index contributed by atoms with van der Waals surface area (Å²) in [7, 11) is 0. The zero-order chi connectivity index (χ0) is 61.9. The fraction of sp³-hybridized carbons (Fsp3) is 0.793. The Labute approximate surface area is 526 Å². The van der Waals surface area contributed by atoms with Crippen LogP contribution in [0.1, 0.15) is 167 Å². The number of hydrogen-bond acceptors (Lipinski definition) is 18. The van der Waals surface area contributed by atoms with Crippen LogP contribution in [0, 0.1) is 30.6 Å². The van der Waals surface area contributed by atoms with Gasteiger partial charge >= 0.3 is 17.9 Å². The van der Waals surface area contributed by atoms with Gasteiger partial charge in [-0.25, -0.2) is 4.79 Å². The minimum atomic E-state index is -1.26. The van der Waals surface area contributed by atoms with Gasteiger partial charge in [0.25, 0.3) is 0 Å². The molecule has 1 radical (unpaired) electrons. The molecule has 0 spiro atoms. The van der Waals surface area contributed by atoms with Crippen LogP contribution < -0.4 is 27.0 Å². The Kier molecular flexibility index (Phi) is 54.6. The molecule has 481 valence electrons. The van der Waals surface area contributed by atoms with Crippen LogP contribution in [0.5, 0.6) is 0 Å². The molecule has 4 amide bonds. The Hall–Kier alpha value is -3.82. The van der Waals surface area contributed by atoms with E-state index in [1.165, 1.54) is 38.5 Å². The molecule has 0 aromatic rings. The number of hydrogen-bond donors (Lipinski definition) is 9. The molecule has 0 heterocycles. The number of ether oxygens (including phenoxy) is 4. The molecule has 0 aromatic heterocycles. The summed E-state index contributed by atoms with van der Waals surface area (Å²) in [5.74, 6) is -6.38. The van der Waals surface area contributed by atoms with Gasteiger partial charge < -0.3 is 82.9 Å². The average Bonchev–Trinajstić information content (AvgIpc) is 3.45. The molecule has 1 saturated carbocycles. The third kappa shape index (κ3) is 50.3. The van der Waals surface area contributed by atoms with Gasteiger partial charge in [0.15, 0.2) is 5.78 Å². The minimum absolute atomic E-state index is 0. The zero-order valence-electron chi connectivity index (χ0n) is 49.8. The van der Waals surface area contributed by atoms with Crippen LogP contribution in [-0.2, 0) is 104 Å². The summed E-state index contributed by atoms with van der Waals surface area (Å²) >= 11 is 1.16. The number of ketones is 3. The number of unbranched alkanes of at least 4 members (excludes halogenated alkanes) is 11. The van der Waals surface area contributed by atoms with Gasteiger partial charge in [-0.3, -0.25) is 38.4 Å². The van der Waals surface area contributed by atoms with Crippen LogP contribution in [0.2, 0.25) is 0 Å². The molecule has 1 rings (SSSR count). The molecule has 26 heteroatoms. The maximum atomic E-state index is 13.0. The quantitative estimate of drug-likeness (QED) is 0.0234. The number of amides is 4. The van der Waals surface area contributed by atoms with E-state index < -0.39 is 48.2 Å². The summed E-state index contributed by atoms with van der Waals surface area (Å²) < 4.78 is 21.5. The largest absolute Gasteiger partial charge is 0.481 e. The number of carbonyl (C=O) groups is 11. The molecule has 1 aliphatic rings. The van der Waals surface area contributed by atoms with Gasteiger partial charge in [0, 0.05) is 103 Å². The van der Waals surface area contributed by atoms with Crippen molar-refractivity contribution in [3.8, 4) is 0 Å². The van der Waals surface area contributed by atoms with Crippen molar-refractivity contribution >= 4 is 76.9 Å². The molecule has 0 saturated heterocycles. The first kappa shape index (κ1) is 82.2. The van der Waals surface area contributed by atoms with Crippen LogP contribution in [0.15, 0.2) is 0 Å². The fourth-order valence-electron chi connectivity index (χ4n) is 8.51. The van der Waals surface area contributed by atoms with Gasteiger partial charge in [0.05, 0.1) is 57.4 Å². The molecule has 1 aliphatic carbocycles. The first-order chi connectivity index (χ1) is 39.8. The van der Waals surface area contributed by atoms with Crippen molar-refractivity contribution < 1.29 is 125 Å². The summed E-state index contributed by atoms with van der Waals surface area (Å²) in [6, 6.07) is -1.49. The molecular formula is C58H100N5O19SY-. The second-order valence-corrected chi connectivity index (χ2v) is 22.0. The Morgan fingerprint density at radius 3 is 1.67 bits per heavy atom. The number of rotatable bonds is 54. The predicted octanol–water partition coefficient (Wildman–Crippen LogP) is 4.17. The Morgan fingerprint density at radius 1 is 0.607 bits per heavy atom. The van der Waals surface area contributed by atoms with E-state index in [9.17, 15) is 57.8 Å². The molecule has 10 N–H and O–H groups in total. The standard InChI is InChI=1S/C55H93N4O18S.C3H7NO.Y/c1-41(48(63)35-44(36-60)54(70)71)39-78-40-51(66)57-27-26-56-50(65)38-77-34-31-74-29-14-16-46(62)37-76-33-32-75-30-28-58-49(64)25-24-47(55(72)73)59-53(69)43-21-18-42(19-22-43)20-23-45(61)15-12-10-8-6-4-2-3-5-7-9-11-13-17-52(67)68;1-3(4)2-5;/h41-44,47,60H,1-40H2,(H,56,65)(H,57,66)(H,58,64)(H,59,69)(H,67,68)(H,70,71)(H,72,73);2-3H,4H2,1H3;/q-1;;/t41-,42?,43?,44-,47-;3-;/m00./s1. The number of aliphatic hydroxyl groups is 1. The maximum Gasteiger partial charge on any atom is 0.326 e. The smallest absolute Gasteiger partial charge is 0.326 e. The predicted molar refractivity (Wildman–Crippen MR) is 311 cm³/mol. The van der Waals surface area contributed by atoms with Crippen molar-refractivity contribution in [1.29, 1.82) is 0 Å². The van der Waals surface area contributed by atoms with Gasteiger partial charge in [-0.15, -0.1) is 5.92 Å². The summed E-state index contributed by atoms with van der Waals surface area (Å²) in [4.78, 5) is 129. The normalized spacial score (nSPS) is 15.1. The van der Waals surface area contributed by atoms with Gasteiger partial charge in [-0.05, 0) is 76.4 Å². The number of aliphatic carboxylic acids is 3. The first-order valence-corrected chi connectivity index (χ1v) is 30.8. The number of carbonyl (C=O) groups excluding carboxylic acids is 8. The zero-order valence-corrected chi connectivity index (χ0v) is 53.5. The summed E-state index contributed by atoms with van der Waals surface area (Å²) in [5, 5.41) is 47.0. The second kappa shape index (κ2) is 55.7. The van der Waals surface area contributed by atoms with E-state index in [4.69, 9.17) is 40.0 Å². The van der Waals surface area contributed by atoms with Crippen molar-refractivity contribution in [2.24, 2.45) is 29.4 Å². The number of nitrogens with one attached hydrogen (secondary N) is 4. The van der Waals surface area contributed by atoms with E-state index in [2.05, 4.69) is 28.2 Å². The van der Waals surface area contributed by atoms with Crippen LogP contribution in [0.3, 0.4) is 0 Å². The van der Waals surface area contributed by atoms with Gasteiger partial charge in [-0.2, -0.15) is 11.8 Å². The molecule has 0 bridgehead atoms. The molecule has 4 atom stereocenters. The second-order valence-electron chi connectivity index (χ2n) is 21.0. The summed E-state index contributed by atoms with van der Waals surface area (Å²) in [6.07, 6.45) is 19.3. The fourth-order valence-corrected chi connectivity index (χ4v) is 9.39. The third-order valence-corrected chi connectivity index (χ3v) is 14.6. The van der Waals surface area contributed by atoms with Gasteiger partial charge in [0.1, 0.15) is 37.1 Å². The van der Waals surface area contributed by atoms with E-state index >= 15 is 0 Å². The number of Topliss-reactive ketones (excluding diaryl/α,β-unsaturated/α-hetero) is 3.